The smallest absolute Gasteiger partial charge is 0.123 e. The van der Waals surface area contributed by atoms with Crippen molar-refractivity contribution < 1.29 is 9.53 Å². The first kappa shape index (κ1) is 10.3. The summed E-state index contributed by atoms with van der Waals surface area (Å²) in [7, 11) is 0. The number of rotatable bonds is 4. The van der Waals surface area contributed by atoms with Crippen LogP contribution in [0.3, 0.4) is 0 Å². The highest BCUT2D eigenvalue weighted by Crippen LogP contribution is 2.21. The molecule has 70 valence electrons. The molecule has 0 bridgehead atoms. The molecular weight excluding hydrogens is 232 g/mol. The van der Waals surface area contributed by atoms with Gasteiger partial charge in [-0.05, 0) is 30.7 Å². The molecule has 0 aliphatic carbocycles. The molecule has 0 N–H and O–H groups in total. The number of benzene rings is 1. The molecule has 13 heavy (non-hydrogen) atoms. The van der Waals surface area contributed by atoms with E-state index in [1.54, 1.807) is 0 Å². The molecule has 2 nitrogen and oxygen atoms in total. The molecule has 0 aliphatic rings. The lowest BCUT2D eigenvalue weighted by molar-refractivity contribution is -0.108. The van der Waals surface area contributed by atoms with Gasteiger partial charge >= 0.3 is 0 Å². The number of hydrogen-bond acceptors (Lipinski definition) is 2. The van der Waals surface area contributed by atoms with E-state index in [4.69, 9.17) is 4.74 Å². The first-order chi connectivity index (χ1) is 6.24. The van der Waals surface area contributed by atoms with Gasteiger partial charge in [0.2, 0.25) is 0 Å². The molecule has 0 amide bonds. The van der Waals surface area contributed by atoms with Crippen molar-refractivity contribution >= 4 is 22.2 Å². The average molecular weight is 243 g/mol. The predicted molar refractivity (Wildman–Crippen MR) is 55.1 cm³/mol. The fraction of sp³-hybridized carbons (Fsp3) is 0.300. The quantitative estimate of drug-likeness (QED) is 0.600. The van der Waals surface area contributed by atoms with Gasteiger partial charge in [0.05, 0.1) is 6.61 Å². The summed E-state index contributed by atoms with van der Waals surface area (Å²) >= 11 is 3.40. The number of carbonyl (C=O) groups is 1. The Kier molecular flexibility index (Phi) is 3.96. The Morgan fingerprint density at radius 2 is 2.31 bits per heavy atom. The molecule has 0 unspecified atom stereocenters. The van der Waals surface area contributed by atoms with Crippen LogP contribution in [0, 0.1) is 6.92 Å². The van der Waals surface area contributed by atoms with Crippen molar-refractivity contribution in [3.8, 4) is 5.75 Å². The highest BCUT2D eigenvalue weighted by molar-refractivity contribution is 9.10. The van der Waals surface area contributed by atoms with Crippen LogP contribution in [0.5, 0.6) is 5.75 Å². The van der Waals surface area contributed by atoms with Crippen molar-refractivity contribution in [3.05, 3.63) is 28.2 Å². The van der Waals surface area contributed by atoms with E-state index in [9.17, 15) is 4.79 Å². The standard InChI is InChI=1S/C10H11BrO2/c1-8-7-9(3-4-10(8)11)13-6-2-5-12/h3-5,7H,2,6H2,1H3. The van der Waals surface area contributed by atoms with Crippen LogP contribution in [0.2, 0.25) is 0 Å². The van der Waals surface area contributed by atoms with Crippen molar-refractivity contribution in [3.63, 3.8) is 0 Å². The fourth-order valence-corrected chi connectivity index (χ4v) is 1.18. The van der Waals surface area contributed by atoms with Crippen molar-refractivity contribution in [1.29, 1.82) is 0 Å². The zero-order valence-electron chi connectivity index (χ0n) is 7.42. The maximum absolute atomic E-state index is 10.0. The van der Waals surface area contributed by atoms with Gasteiger partial charge < -0.3 is 9.53 Å². The summed E-state index contributed by atoms with van der Waals surface area (Å²) in [5.74, 6) is 0.808. The van der Waals surface area contributed by atoms with Gasteiger partial charge in [-0.1, -0.05) is 15.9 Å². The number of aryl methyl sites for hydroxylation is 1. The van der Waals surface area contributed by atoms with Crippen LogP contribution in [0.15, 0.2) is 22.7 Å². The number of aldehydes is 1. The Labute approximate surface area is 86.0 Å². The van der Waals surface area contributed by atoms with Crippen LogP contribution in [-0.2, 0) is 4.79 Å². The minimum Gasteiger partial charge on any atom is -0.493 e. The van der Waals surface area contributed by atoms with E-state index in [-0.39, 0.29) is 0 Å². The van der Waals surface area contributed by atoms with Gasteiger partial charge in [0.15, 0.2) is 0 Å². The second-order valence-electron chi connectivity index (χ2n) is 2.71. The zero-order valence-corrected chi connectivity index (χ0v) is 9.00. The monoisotopic (exact) mass is 242 g/mol. The van der Waals surface area contributed by atoms with Gasteiger partial charge in [-0.3, -0.25) is 0 Å². The molecule has 3 heteroatoms. The van der Waals surface area contributed by atoms with Gasteiger partial charge in [0, 0.05) is 10.9 Å². The lowest BCUT2D eigenvalue weighted by Gasteiger charge is -2.05. The Balaban J connectivity index is 2.57. The first-order valence-corrected chi connectivity index (χ1v) is 4.86. The Hall–Kier alpha value is -0.830. The van der Waals surface area contributed by atoms with E-state index >= 15 is 0 Å². The van der Waals surface area contributed by atoms with Crippen molar-refractivity contribution in [2.75, 3.05) is 6.61 Å². The molecule has 0 spiro atoms. The van der Waals surface area contributed by atoms with Crippen LogP contribution < -0.4 is 4.74 Å². The molecule has 1 rings (SSSR count). The van der Waals surface area contributed by atoms with Crippen LogP contribution in [0.4, 0.5) is 0 Å². The molecular formula is C10H11BrO2. The zero-order chi connectivity index (χ0) is 9.68. The van der Waals surface area contributed by atoms with E-state index in [1.165, 1.54) is 0 Å². The van der Waals surface area contributed by atoms with Gasteiger partial charge in [0.25, 0.3) is 0 Å². The number of hydrogen-bond donors (Lipinski definition) is 0. The molecule has 0 saturated heterocycles. The normalized spacial score (nSPS) is 9.69. The highest BCUT2D eigenvalue weighted by atomic mass is 79.9. The first-order valence-electron chi connectivity index (χ1n) is 4.06. The number of ether oxygens (including phenoxy) is 1. The molecule has 0 saturated carbocycles. The maximum Gasteiger partial charge on any atom is 0.123 e. The van der Waals surface area contributed by atoms with E-state index in [1.807, 2.05) is 25.1 Å². The Morgan fingerprint density at radius 1 is 1.54 bits per heavy atom. The van der Waals surface area contributed by atoms with E-state index in [2.05, 4.69) is 15.9 Å². The summed E-state index contributed by atoms with van der Waals surface area (Å²) in [6, 6.07) is 5.75. The van der Waals surface area contributed by atoms with Crippen LogP contribution >= 0.6 is 15.9 Å². The summed E-state index contributed by atoms with van der Waals surface area (Å²) < 4.78 is 6.40. The van der Waals surface area contributed by atoms with Crippen molar-refractivity contribution in [2.45, 2.75) is 13.3 Å². The second kappa shape index (κ2) is 5.02. The fourth-order valence-electron chi connectivity index (χ4n) is 0.932. The molecule has 1 aromatic rings. The number of carbonyl (C=O) groups excluding carboxylic acids is 1. The van der Waals surface area contributed by atoms with Crippen LogP contribution in [0.1, 0.15) is 12.0 Å². The lowest BCUT2D eigenvalue weighted by atomic mass is 10.2. The topological polar surface area (TPSA) is 26.3 Å². The van der Waals surface area contributed by atoms with Crippen molar-refractivity contribution in [2.24, 2.45) is 0 Å². The summed E-state index contributed by atoms with van der Waals surface area (Å²) in [6.45, 7) is 2.45. The Morgan fingerprint density at radius 3 is 2.92 bits per heavy atom. The Bertz CT molecular complexity index is 297. The molecule has 0 fully saturated rings. The summed E-state index contributed by atoms with van der Waals surface area (Å²) in [5, 5.41) is 0. The van der Waals surface area contributed by atoms with E-state index < -0.39 is 0 Å². The van der Waals surface area contributed by atoms with Gasteiger partial charge in [0.1, 0.15) is 12.0 Å². The number of halogens is 1. The third-order valence-corrected chi connectivity index (χ3v) is 2.52. The lowest BCUT2D eigenvalue weighted by Crippen LogP contribution is -1.97. The molecule has 0 aromatic heterocycles. The minimum atomic E-state index is 0.440. The molecule has 1 aromatic carbocycles. The third kappa shape index (κ3) is 3.19. The van der Waals surface area contributed by atoms with E-state index in [0.717, 1.165) is 22.1 Å². The van der Waals surface area contributed by atoms with Crippen LogP contribution in [0.25, 0.3) is 0 Å². The molecule has 0 atom stereocenters. The van der Waals surface area contributed by atoms with Crippen LogP contribution in [-0.4, -0.2) is 12.9 Å². The van der Waals surface area contributed by atoms with Gasteiger partial charge in [-0.15, -0.1) is 0 Å². The SMILES string of the molecule is Cc1cc(OCCC=O)ccc1Br. The van der Waals surface area contributed by atoms with E-state index in [0.29, 0.717) is 13.0 Å². The minimum absolute atomic E-state index is 0.440. The highest BCUT2D eigenvalue weighted by Gasteiger charge is 1.97. The molecule has 0 aliphatic heterocycles. The van der Waals surface area contributed by atoms with Crippen molar-refractivity contribution in [1.82, 2.24) is 0 Å². The average Bonchev–Trinajstić information content (AvgIpc) is 2.12. The second-order valence-corrected chi connectivity index (χ2v) is 3.57. The molecule has 0 radical (unpaired) electrons. The summed E-state index contributed by atoms with van der Waals surface area (Å²) in [5.41, 5.74) is 1.13. The summed E-state index contributed by atoms with van der Waals surface area (Å²) in [4.78, 5) is 10.0. The summed E-state index contributed by atoms with van der Waals surface area (Å²) in [6.07, 6.45) is 1.29. The third-order valence-electron chi connectivity index (χ3n) is 1.63. The predicted octanol–water partition coefficient (Wildman–Crippen LogP) is 2.73. The van der Waals surface area contributed by atoms with Gasteiger partial charge in [-0.25, -0.2) is 0 Å². The van der Waals surface area contributed by atoms with Gasteiger partial charge in [-0.2, -0.15) is 0 Å². The largest absolute Gasteiger partial charge is 0.493 e. The maximum atomic E-state index is 10.0. The molecule has 0 heterocycles.